The number of hydrogen-bond donors (Lipinski definition) is 3. The van der Waals surface area contributed by atoms with Crippen molar-refractivity contribution in [1.29, 1.82) is 4.78 Å². The first-order chi connectivity index (χ1) is 14.6. The predicted octanol–water partition coefficient (Wildman–Crippen LogP) is 4.57. The molecule has 0 radical (unpaired) electrons. The average molecular weight is 508 g/mol. The van der Waals surface area contributed by atoms with Gasteiger partial charge in [0.2, 0.25) is 5.88 Å². The highest BCUT2D eigenvalue weighted by Gasteiger charge is 2.37. The molecule has 3 aliphatic rings. The summed E-state index contributed by atoms with van der Waals surface area (Å²) >= 11 is 3.67. The lowest BCUT2D eigenvalue weighted by atomic mass is 9.82. The Labute approximate surface area is 190 Å². The van der Waals surface area contributed by atoms with E-state index in [2.05, 4.69) is 44.1 Å². The van der Waals surface area contributed by atoms with Crippen LogP contribution in [0.2, 0.25) is 0 Å². The zero-order valence-corrected chi connectivity index (χ0v) is 20.2. The molecule has 5 rings (SSSR count). The third kappa shape index (κ3) is 3.63. The molecule has 166 valence electrons. The summed E-state index contributed by atoms with van der Waals surface area (Å²) < 4.78 is 32.3. The lowest BCUT2D eigenvalue weighted by molar-refractivity contribution is 0.132. The zero-order valence-electron chi connectivity index (χ0n) is 17.8. The Morgan fingerprint density at radius 1 is 1.39 bits per heavy atom. The Morgan fingerprint density at radius 3 is 2.74 bits per heavy atom. The lowest BCUT2D eigenvalue weighted by Gasteiger charge is -2.29. The summed E-state index contributed by atoms with van der Waals surface area (Å²) in [4.78, 5) is 13.0. The second kappa shape index (κ2) is 6.96. The number of nitrogens with zero attached hydrogens (tertiary/aromatic N) is 2. The van der Waals surface area contributed by atoms with E-state index in [1.54, 1.807) is 4.68 Å². The molecule has 2 atom stereocenters. The van der Waals surface area contributed by atoms with Gasteiger partial charge in [-0.25, -0.2) is 23.2 Å². The topological polar surface area (TPSA) is 109 Å². The van der Waals surface area contributed by atoms with Crippen molar-refractivity contribution in [3.05, 3.63) is 33.4 Å². The van der Waals surface area contributed by atoms with E-state index >= 15 is 0 Å². The first-order valence-electron chi connectivity index (χ1n) is 10.5. The molecule has 0 saturated heterocycles. The van der Waals surface area contributed by atoms with Crippen LogP contribution >= 0.6 is 15.9 Å². The number of carbonyl (C=O) groups excluding carboxylic acids is 1. The van der Waals surface area contributed by atoms with Gasteiger partial charge in [-0.05, 0) is 74.1 Å². The number of urea groups is 1. The number of hydrogen-bond acceptors (Lipinski definition) is 5. The smallest absolute Gasteiger partial charge is 0.331 e. The molecule has 3 N–H and O–H groups in total. The fourth-order valence-electron chi connectivity index (χ4n) is 4.49. The normalized spacial score (nSPS) is 21.2. The van der Waals surface area contributed by atoms with Gasteiger partial charge < -0.3 is 10.1 Å². The fraction of sp³-hybridized carbons (Fsp3) is 0.524. The van der Waals surface area contributed by atoms with Crippen molar-refractivity contribution in [2.45, 2.75) is 69.4 Å². The lowest BCUT2D eigenvalue weighted by Crippen LogP contribution is -2.35. The van der Waals surface area contributed by atoms with E-state index in [4.69, 9.17) is 9.52 Å². The number of nitrogens with one attached hydrogen (secondary N) is 3. The summed E-state index contributed by atoms with van der Waals surface area (Å²) in [7, 11) is -3.64. The van der Waals surface area contributed by atoms with Crippen LogP contribution in [0.3, 0.4) is 0 Å². The second-order valence-electron chi connectivity index (χ2n) is 9.35. The first kappa shape index (κ1) is 20.8. The minimum atomic E-state index is -3.64. The van der Waals surface area contributed by atoms with E-state index in [1.165, 1.54) is 24.6 Å². The maximum Gasteiger partial charge on any atom is 0.331 e. The van der Waals surface area contributed by atoms with Crippen LogP contribution in [0.15, 0.2) is 21.6 Å². The number of benzene rings is 1. The van der Waals surface area contributed by atoms with Crippen molar-refractivity contribution in [3.63, 3.8) is 0 Å². The molecule has 0 spiro atoms. The van der Waals surface area contributed by atoms with Gasteiger partial charge in [-0.3, -0.25) is 0 Å². The Morgan fingerprint density at radius 2 is 2.10 bits per heavy atom. The predicted molar refractivity (Wildman–Crippen MR) is 121 cm³/mol. The van der Waals surface area contributed by atoms with Crippen LogP contribution in [0, 0.1) is 10.7 Å². The number of halogens is 1. The maximum atomic E-state index is 13.1. The molecule has 2 heterocycles. The second-order valence-corrected chi connectivity index (χ2v) is 12.0. The van der Waals surface area contributed by atoms with Crippen LogP contribution in [-0.4, -0.2) is 25.6 Å². The van der Waals surface area contributed by atoms with Crippen molar-refractivity contribution >= 4 is 37.6 Å². The quantitative estimate of drug-likeness (QED) is 0.550. The van der Waals surface area contributed by atoms with E-state index in [9.17, 15) is 9.00 Å². The Hall–Kier alpha value is -2.07. The van der Waals surface area contributed by atoms with Gasteiger partial charge in [-0.2, -0.15) is 5.10 Å². The van der Waals surface area contributed by atoms with E-state index in [-0.39, 0.29) is 10.8 Å². The molecule has 8 nitrogen and oxygen atoms in total. The van der Waals surface area contributed by atoms with Gasteiger partial charge in [0.05, 0.1) is 12.7 Å². The molecule has 10 heteroatoms. The number of aromatic nitrogens is 2. The van der Waals surface area contributed by atoms with Crippen LogP contribution in [0.5, 0.6) is 5.88 Å². The highest BCUT2D eigenvalue weighted by molar-refractivity contribution is 9.10. The molecule has 2 unspecified atom stereocenters. The number of rotatable bonds is 5. The number of carbonyl (C=O) groups is 1. The van der Waals surface area contributed by atoms with E-state index in [0.29, 0.717) is 18.4 Å². The van der Waals surface area contributed by atoms with Crippen molar-refractivity contribution in [1.82, 2.24) is 14.5 Å². The fourth-order valence-corrected chi connectivity index (χ4v) is 6.19. The number of fused-ring (bicyclic) bond motifs is 2. The Kier molecular flexibility index (Phi) is 4.68. The number of amides is 2. The zero-order chi connectivity index (χ0) is 22.1. The number of ether oxygens (including phenoxy) is 1. The van der Waals surface area contributed by atoms with E-state index in [1.807, 2.05) is 13.8 Å². The monoisotopic (exact) mass is 507 g/mol. The van der Waals surface area contributed by atoms with E-state index < -0.39 is 21.5 Å². The highest BCUT2D eigenvalue weighted by Crippen LogP contribution is 2.48. The van der Waals surface area contributed by atoms with Crippen LogP contribution in [0.4, 0.5) is 10.5 Å². The summed E-state index contributed by atoms with van der Waals surface area (Å²) in [5.74, 6) is 1.23. The van der Waals surface area contributed by atoms with Crippen LogP contribution in [0.25, 0.3) is 0 Å². The Balaban J connectivity index is 1.40. The molecule has 1 aromatic carbocycles. The van der Waals surface area contributed by atoms with Crippen LogP contribution in [0.1, 0.15) is 56.2 Å². The molecule has 1 aromatic heterocycles. The van der Waals surface area contributed by atoms with Crippen molar-refractivity contribution in [3.8, 4) is 5.88 Å². The summed E-state index contributed by atoms with van der Waals surface area (Å²) in [6.45, 7) is 6.48. The molecule has 1 fully saturated rings. The molecule has 2 aliphatic carbocycles. The van der Waals surface area contributed by atoms with Crippen molar-refractivity contribution < 1.29 is 13.7 Å². The minimum Gasteiger partial charge on any atom is -0.469 e. The van der Waals surface area contributed by atoms with Gasteiger partial charge in [-0.15, -0.1) is 0 Å². The molecule has 1 aliphatic heterocycles. The van der Waals surface area contributed by atoms with Gasteiger partial charge in [0.25, 0.3) is 0 Å². The van der Waals surface area contributed by atoms with Crippen LogP contribution in [-0.2, 0) is 29.3 Å². The van der Waals surface area contributed by atoms with Crippen LogP contribution < -0.4 is 14.8 Å². The summed E-state index contributed by atoms with van der Waals surface area (Å²) in [5.41, 5.74) is 3.73. The summed E-state index contributed by atoms with van der Waals surface area (Å²) in [6, 6.07) is 1.45. The molecule has 1 saturated carbocycles. The van der Waals surface area contributed by atoms with Crippen molar-refractivity contribution in [2.24, 2.45) is 5.92 Å². The molecular weight excluding hydrogens is 482 g/mol. The summed E-state index contributed by atoms with van der Waals surface area (Å²) in [5, 5.41) is 7.10. The van der Waals surface area contributed by atoms with Gasteiger partial charge in [0.15, 0.2) is 9.92 Å². The molecule has 0 bridgehead atoms. The summed E-state index contributed by atoms with van der Waals surface area (Å²) in [6.07, 6.45) is 5.60. The SMILES string of the molecule is CC(c1cc(Br)c2c(c1NC(=O)NS(=N)(=O)c1cnn3c1OC(C)(C)C3)CC2)C1CC1. The van der Waals surface area contributed by atoms with Crippen molar-refractivity contribution in [2.75, 3.05) is 5.32 Å². The first-order valence-corrected chi connectivity index (χ1v) is 12.9. The van der Waals surface area contributed by atoms with Gasteiger partial charge in [0.1, 0.15) is 10.5 Å². The standard InChI is InChI=1S/C21H26BrN5O3S/c1-11(12-4-5-12)15-8-16(22)13-6-7-14(13)18(15)25-20(28)26-31(23,29)17-9-24-27-10-21(2,3)30-19(17)27/h8-9,11-12H,4-7,10H2,1-3H3,(H3,23,25,26,28,29). The third-order valence-electron chi connectivity index (χ3n) is 6.42. The molecular formula is C21H26BrN5O3S. The maximum absolute atomic E-state index is 13.1. The Bertz CT molecular complexity index is 1200. The number of anilines is 1. The van der Waals surface area contributed by atoms with Gasteiger partial charge >= 0.3 is 6.03 Å². The molecule has 2 amide bonds. The third-order valence-corrected chi connectivity index (χ3v) is 8.50. The highest BCUT2D eigenvalue weighted by atomic mass is 79.9. The largest absolute Gasteiger partial charge is 0.469 e. The van der Waals surface area contributed by atoms with E-state index in [0.717, 1.165) is 34.1 Å². The van der Waals surface area contributed by atoms with Gasteiger partial charge in [-0.1, -0.05) is 22.9 Å². The minimum absolute atomic E-state index is 0.0867. The molecule has 31 heavy (non-hydrogen) atoms. The van der Waals surface area contributed by atoms with Gasteiger partial charge in [0, 0.05) is 10.2 Å². The molecule has 2 aromatic rings. The average Bonchev–Trinajstić information content (AvgIpc) is 3.32.